The van der Waals surface area contributed by atoms with Gasteiger partial charge in [0, 0.05) is 63.5 Å². The maximum absolute atomic E-state index is 13.8. The van der Waals surface area contributed by atoms with Crippen molar-refractivity contribution in [2.24, 2.45) is 5.92 Å². The number of aromatic amines is 1. The van der Waals surface area contributed by atoms with Gasteiger partial charge in [-0.05, 0) is 134 Å². The van der Waals surface area contributed by atoms with Gasteiger partial charge in [0.1, 0.15) is 17.1 Å². The SMILES string of the molecule is CNCCCNc1ccc(SNC(=O)c2ccc(N3CCC(C(O)c4ccccc4-c4ccc(Cl)cc4)CC3)cc2Oc2cnc3[nH]ccc3c2)cc1SC(F)(F)F. The Hall–Kier alpha value is -4.86. The van der Waals surface area contributed by atoms with Crippen molar-refractivity contribution in [3.8, 4) is 22.6 Å². The van der Waals surface area contributed by atoms with Crippen molar-refractivity contribution in [3.05, 3.63) is 126 Å². The van der Waals surface area contributed by atoms with Crippen molar-refractivity contribution < 1.29 is 27.8 Å². The number of aliphatic hydroxyl groups is 1. The molecule has 302 valence electrons. The number of aromatic nitrogens is 2. The van der Waals surface area contributed by atoms with Gasteiger partial charge in [0.2, 0.25) is 0 Å². The number of nitrogens with one attached hydrogen (secondary N) is 4. The minimum Gasteiger partial charge on any atom is -0.455 e. The molecule has 3 heterocycles. The second kappa shape index (κ2) is 18.8. The predicted octanol–water partition coefficient (Wildman–Crippen LogP) is 10.7. The number of hydrogen-bond donors (Lipinski definition) is 5. The zero-order chi connectivity index (χ0) is 40.6. The Morgan fingerprint density at radius 2 is 1.81 bits per heavy atom. The van der Waals surface area contributed by atoms with Crippen LogP contribution in [-0.4, -0.2) is 59.7 Å². The number of rotatable bonds is 15. The smallest absolute Gasteiger partial charge is 0.446 e. The quantitative estimate of drug-likeness (QED) is 0.0392. The molecule has 58 heavy (non-hydrogen) atoms. The summed E-state index contributed by atoms with van der Waals surface area (Å²) < 4.78 is 49.7. The average molecular weight is 847 g/mol. The highest BCUT2D eigenvalue weighted by Crippen LogP contribution is 2.43. The van der Waals surface area contributed by atoms with Crippen molar-refractivity contribution in [1.29, 1.82) is 0 Å². The van der Waals surface area contributed by atoms with Crippen LogP contribution in [0.5, 0.6) is 11.5 Å². The zero-order valence-electron chi connectivity index (χ0n) is 31.5. The Labute approximate surface area is 348 Å². The van der Waals surface area contributed by atoms with E-state index in [1.165, 1.54) is 6.07 Å². The predicted molar refractivity (Wildman–Crippen MR) is 228 cm³/mol. The molecule has 1 fully saturated rings. The molecule has 1 amide bonds. The summed E-state index contributed by atoms with van der Waals surface area (Å²) >= 11 is 6.87. The summed E-state index contributed by atoms with van der Waals surface area (Å²) in [7, 11) is 1.82. The maximum atomic E-state index is 13.8. The highest BCUT2D eigenvalue weighted by atomic mass is 35.5. The van der Waals surface area contributed by atoms with E-state index in [-0.39, 0.29) is 28.1 Å². The molecule has 2 aromatic heterocycles. The zero-order valence-corrected chi connectivity index (χ0v) is 33.9. The molecule has 9 nitrogen and oxygen atoms in total. The minimum absolute atomic E-state index is 0.0132. The van der Waals surface area contributed by atoms with E-state index in [9.17, 15) is 23.1 Å². The van der Waals surface area contributed by atoms with Crippen LogP contribution in [0.3, 0.4) is 0 Å². The van der Waals surface area contributed by atoms with Crippen molar-refractivity contribution in [3.63, 3.8) is 0 Å². The number of nitrogens with zero attached hydrogens (tertiary/aromatic N) is 2. The number of anilines is 2. The molecule has 15 heteroatoms. The van der Waals surface area contributed by atoms with E-state index < -0.39 is 17.5 Å². The van der Waals surface area contributed by atoms with Gasteiger partial charge in [0.15, 0.2) is 0 Å². The minimum atomic E-state index is -4.49. The van der Waals surface area contributed by atoms with Gasteiger partial charge in [-0.1, -0.05) is 48.0 Å². The van der Waals surface area contributed by atoms with Crippen LogP contribution in [0, 0.1) is 5.92 Å². The summed E-state index contributed by atoms with van der Waals surface area (Å²) in [6, 6.07) is 29.3. The van der Waals surface area contributed by atoms with Gasteiger partial charge in [-0.15, -0.1) is 0 Å². The molecule has 1 unspecified atom stereocenters. The van der Waals surface area contributed by atoms with Crippen LogP contribution >= 0.6 is 35.3 Å². The normalized spacial score (nSPS) is 14.1. The van der Waals surface area contributed by atoms with E-state index >= 15 is 0 Å². The average Bonchev–Trinajstić information content (AvgIpc) is 3.70. The monoisotopic (exact) mass is 846 g/mol. The Bertz CT molecular complexity index is 2340. The Balaban J connectivity index is 1.08. The summed E-state index contributed by atoms with van der Waals surface area (Å²) in [4.78, 5) is 23.9. The number of amides is 1. The van der Waals surface area contributed by atoms with Crippen LogP contribution in [-0.2, 0) is 0 Å². The van der Waals surface area contributed by atoms with Crippen molar-refractivity contribution in [2.75, 3.05) is 43.4 Å². The lowest BCUT2D eigenvalue weighted by atomic mass is 9.84. The van der Waals surface area contributed by atoms with E-state index in [4.69, 9.17) is 16.3 Å². The molecule has 7 rings (SSSR count). The van der Waals surface area contributed by atoms with Crippen molar-refractivity contribution in [1.82, 2.24) is 20.0 Å². The fraction of sp³-hybridized carbons (Fsp3) is 0.256. The number of H-pyrrole nitrogens is 1. The lowest BCUT2D eigenvalue weighted by molar-refractivity contribution is -0.0328. The molecule has 6 aromatic rings. The number of hydrogen-bond acceptors (Lipinski definition) is 9. The number of carbonyl (C=O) groups excluding carboxylic acids is 1. The molecule has 1 saturated heterocycles. The van der Waals surface area contributed by atoms with E-state index in [1.54, 1.807) is 30.6 Å². The third-order valence-electron chi connectivity index (χ3n) is 9.96. The van der Waals surface area contributed by atoms with E-state index in [1.807, 2.05) is 79.8 Å². The van der Waals surface area contributed by atoms with Crippen LogP contribution < -0.4 is 25.0 Å². The van der Waals surface area contributed by atoms with Crippen LogP contribution in [0.25, 0.3) is 22.2 Å². The van der Waals surface area contributed by atoms with Gasteiger partial charge < -0.3 is 30.4 Å². The molecular formula is C43H42ClF3N6O3S2. The number of pyridine rings is 1. The molecule has 1 aliphatic heterocycles. The molecule has 0 radical (unpaired) electrons. The summed E-state index contributed by atoms with van der Waals surface area (Å²) in [5.41, 5.74) is 0.498. The third kappa shape index (κ3) is 10.4. The molecule has 0 aliphatic carbocycles. The van der Waals surface area contributed by atoms with Gasteiger partial charge in [0.05, 0.1) is 17.9 Å². The molecular weight excluding hydrogens is 805 g/mol. The fourth-order valence-corrected chi connectivity index (χ4v) is 8.55. The van der Waals surface area contributed by atoms with E-state index in [0.717, 1.165) is 65.5 Å². The number of alkyl halides is 3. The number of halogens is 4. The number of piperidine rings is 1. The summed E-state index contributed by atoms with van der Waals surface area (Å²) in [5, 5.41) is 19.2. The number of aliphatic hydroxyl groups excluding tert-OH is 1. The Morgan fingerprint density at radius 3 is 2.59 bits per heavy atom. The molecule has 1 atom stereocenters. The number of fused-ring (bicyclic) bond motifs is 1. The summed E-state index contributed by atoms with van der Waals surface area (Å²) in [6.45, 7) is 2.56. The first-order valence-corrected chi connectivity index (χ1v) is 20.8. The number of carbonyl (C=O) groups is 1. The lowest BCUT2D eigenvalue weighted by Gasteiger charge is -2.36. The molecule has 0 bridgehead atoms. The van der Waals surface area contributed by atoms with E-state index in [2.05, 4.69) is 30.2 Å². The first kappa shape index (κ1) is 41.3. The van der Waals surface area contributed by atoms with Crippen LogP contribution in [0.1, 0.15) is 41.3 Å². The number of thioether (sulfide) groups is 1. The molecule has 5 N–H and O–H groups in total. The van der Waals surface area contributed by atoms with Crippen molar-refractivity contribution in [2.45, 2.75) is 40.7 Å². The number of benzene rings is 4. The highest BCUT2D eigenvalue weighted by molar-refractivity contribution is 8.00. The second-order valence-corrected chi connectivity index (χ2v) is 16.3. The first-order chi connectivity index (χ1) is 28.0. The molecule has 0 spiro atoms. The Kier molecular flexibility index (Phi) is 13.4. The molecule has 1 aliphatic rings. The fourth-order valence-electron chi connectivity index (χ4n) is 7.03. The number of ether oxygens (including phenoxy) is 1. The van der Waals surface area contributed by atoms with Gasteiger partial charge in [-0.25, -0.2) is 4.98 Å². The topological polar surface area (TPSA) is 115 Å². The summed E-state index contributed by atoms with van der Waals surface area (Å²) in [6.07, 6.45) is 4.90. The van der Waals surface area contributed by atoms with E-state index in [0.29, 0.717) is 52.4 Å². The second-order valence-electron chi connectivity index (χ2n) is 13.9. The van der Waals surface area contributed by atoms with Crippen LogP contribution in [0.15, 0.2) is 119 Å². The summed E-state index contributed by atoms with van der Waals surface area (Å²) in [5.74, 6) is 0.266. The standard InChI is InChI=1S/C43H42ClF3N6O3S2/c1-48-18-4-19-49-37-14-12-33(25-39(37)57-43(45,46)47)58-52-42(55)36-13-11-31(24-38(36)56-32-23-29-15-20-50-41(29)51-26-32)53-21-16-28(17-22-53)40(54)35-6-3-2-5-34(35)27-7-9-30(44)10-8-27/h2-3,5-15,20,23-26,28,40,48-49,54H,4,16-19,21-22H2,1H3,(H,50,51)(H,52,55). The van der Waals surface area contributed by atoms with Gasteiger partial charge in [0.25, 0.3) is 5.91 Å². The largest absolute Gasteiger partial charge is 0.455 e. The molecule has 4 aromatic carbocycles. The maximum Gasteiger partial charge on any atom is 0.446 e. The van der Waals surface area contributed by atoms with Crippen LogP contribution in [0.4, 0.5) is 24.5 Å². The highest BCUT2D eigenvalue weighted by Gasteiger charge is 2.31. The van der Waals surface area contributed by atoms with Gasteiger partial charge in [-0.2, -0.15) is 13.2 Å². The lowest BCUT2D eigenvalue weighted by Crippen LogP contribution is -2.35. The Morgan fingerprint density at radius 1 is 1.02 bits per heavy atom. The third-order valence-corrected chi connectivity index (χ3v) is 11.8. The van der Waals surface area contributed by atoms with Crippen molar-refractivity contribution >= 4 is 63.6 Å². The van der Waals surface area contributed by atoms with Gasteiger partial charge >= 0.3 is 5.51 Å². The van der Waals surface area contributed by atoms with Gasteiger partial charge in [-0.3, -0.25) is 9.52 Å². The van der Waals surface area contributed by atoms with Crippen LogP contribution in [0.2, 0.25) is 5.02 Å². The molecule has 0 saturated carbocycles. The first-order valence-electron chi connectivity index (χ1n) is 18.8.